The second-order valence-electron chi connectivity index (χ2n) is 6.01. The number of rotatable bonds is 6. The zero-order valence-corrected chi connectivity index (χ0v) is 14.8. The molecule has 1 aromatic carbocycles. The molecule has 0 radical (unpaired) electrons. The van der Waals surface area contributed by atoms with Crippen molar-refractivity contribution in [2.75, 3.05) is 33.9 Å². The van der Waals surface area contributed by atoms with Crippen LogP contribution in [0.4, 0.5) is 5.69 Å². The Labute approximate surface area is 147 Å². The fourth-order valence-electron chi connectivity index (χ4n) is 3.16. The van der Waals surface area contributed by atoms with E-state index >= 15 is 0 Å². The van der Waals surface area contributed by atoms with Crippen LogP contribution in [-0.2, 0) is 16.1 Å². The van der Waals surface area contributed by atoms with Gasteiger partial charge in [0, 0.05) is 25.8 Å². The average molecular weight is 358 g/mol. The smallest absolute Gasteiger partial charge is 0.274 e. The predicted molar refractivity (Wildman–Crippen MR) is 93.2 cm³/mol. The van der Waals surface area contributed by atoms with Gasteiger partial charge < -0.3 is 15.0 Å². The number of ether oxygens (including phenoxy) is 1. The molecule has 0 atom stereocenters. The molecule has 1 N–H and O–H groups in total. The fourth-order valence-corrected chi connectivity index (χ4v) is 3.16. The SMILES string of the molecule is COCC1(C(=O)N(C)Cc2ccccc2[N+](=O)[O-])CCNCC1.Cl. The van der Waals surface area contributed by atoms with E-state index in [-0.39, 0.29) is 30.5 Å². The topological polar surface area (TPSA) is 84.7 Å². The lowest BCUT2D eigenvalue weighted by Gasteiger charge is -2.38. The molecule has 0 aliphatic carbocycles. The number of nitrogens with zero attached hydrogens (tertiary/aromatic N) is 2. The number of carbonyl (C=O) groups excluding carboxylic acids is 1. The third-order valence-corrected chi connectivity index (χ3v) is 4.38. The quantitative estimate of drug-likeness (QED) is 0.621. The van der Waals surface area contributed by atoms with Crippen molar-refractivity contribution in [3.63, 3.8) is 0 Å². The highest BCUT2D eigenvalue weighted by atomic mass is 35.5. The summed E-state index contributed by atoms with van der Waals surface area (Å²) in [6.45, 7) is 2.13. The van der Waals surface area contributed by atoms with Crippen LogP contribution in [0.3, 0.4) is 0 Å². The van der Waals surface area contributed by atoms with E-state index in [0.29, 0.717) is 25.0 Å². The molecule has 8 heteroatoms. The summed E-state index contributed by atoms with van der Waals surface area (Å²) in [6.07, 6.45) is 1.42. The number of nitro benzene ring substituents is 1. The van der Waals surface area contributed by atoms with Crippen LogP contribution >= 0.6 is 12.4 Å². The van der Waals surface area contributed by atoms with Gasteiger partial charge in [0.05, 0.1) is 23.5 Å². The van der Waals surface area contributed by atoms with Crippen LogP contribution in [0.2, 0.25) is 0 Å². The van der Waals surface area contributed by atoms with Gasteiger partial charge in [-0.3, -0.25) is 14.9 Å². The third-order valence-electron chi connectivity index (χ3n) is 4.38. The molecule has 1 fully saturated rings. The van der Waals surface area contributed by atoms with Crippen LogP contribution < -0.4 is 5.32 Å². The Morgan fingerprint density at radius 2 is 2.00 bits per heavy atom. The van der Waals surface area contributed by atoms with E-state index in [1.54, 1.807) is 37.3 Å². The first-order valence-electron chi connectivity index (χ1n) is 7.68. The summed E-state index contributed by atoms with van der Waals surface area (Å²) in [7, 11) is 3.29. The van der Waals surface area contributed by atoms with Gasteiger partial charge >= 0.3 is 0 Å². The van der Waals surface area contributed by atoms with E-state index in [1.807, 2.05) is 0 Å². The van der Waals surface area contributed by atoms with Gasteiger partial charge in [-0.1, -0.05) is 18.2 Å². The first-order chi connectivity index (χ1) is 11.0. The van der Waals surface area contributed by atoms with Gasteiger partial charge in [-0.25, -0.2) is 0 Å². The molecule has 7 nitrogen and oxygen atoms in total. The van der Waals surface area contributed by atoms with E-state index in [2.05, 4.69) is 5.32 Å². The second-order valence-corrected chi connectivity index (χ2v) is 6.01. The minimum atomic E-state index is -0.543. The highest BCUT2D eigenvalue weighted by Gasteiger charge is 2.41. The molecular weight excluding hydrogens is 334 g/mol. The van der Waals surface area contributed by atoms with Crippen LogP contribution in [-0.4, -0.2) is 49.6 Å². The number of carbonyl (C=O) groups is 1. The summed E-state index contributed by atoms with van der Waals surface area (Å²) in [5.74, 6) is -0.0148. The van der Waals surface area contributed by atoms with Gasteiger partial charge in [-0.15, -0.1) is 12.4 Å². The fraction of sp³-hybridized carbons (Fsp3) is 0.562. The normalized spacial score (nSPS) is 16.1. The third kappa shape index (κ3) is 4.43. The number of methoxy groups -OCH3 is 1. The molecule has 0 spiro atoms. The molecule has 134 valence electrons. The molecule has 0 unspecified atom stereocenters. The van der Waals surface area contributed by atoms with Crippen molar-refractivity contribution in [2.24, 2.45) is 5.41 Å². The van der Waals surface area contributed by atoms with Crippen molar-refractivity contribution in [3.05, 3.63) is 39.9 Å². The van der Waals surface area contributed by atoms with Crippen molar-refractivity contribution in [1.82, 2.24) is 10.2 Å². The molecule has 0 bridgehead atoms. The number of piperidine rings is 1. The number of nitrogens with one attached hydrogen (secondary N) is 1. The van der Waals surface area contributed by atoms with Crippen molar-refractivity contribution >= 4 is 24.0 Å². The van der Waals surface area contributed by atoms with Gasteiger partial charge in [0.25, 0.3) is 5.69 Å². The number of para-hydroxylation sites is 1. The highest BCUT2D eigenvalue weighted by Crippen LogP contribution is 2.32. The molecule has 1 amide bonds. The molecule has 1 aromatic rings. The van der Waals surface area contributed by atoms with Gasteiger partial charge in [-0.05, 0) is 25.9 Å². The monoisotopic (exact) mass is 357 g/mol. The van der Waals surface area contributed by atoms with E-state index in [9.17, 15) is 14.9 Å². The van der Waals surface area contributed by atoms with Crippen molar-refractivity contribution < 1.29 is 14.5 Å². The number of benzene rings is 1. The Balaban J connectivity index is 0.00000288. The van der Waals surface area contributed by atoms with Crippen molar-refractivity contribution in [3.8, 4) is 0 Å². The van der Waals surface area contributed by atoms with Gasteiger partial charge in [0.2, 0.25) is 5.91 Å². The first-order valence-corrected chi connectivity index (χ1v) is 7.68. The number of nitro groups is 1. The lowest BCUT2D eigenvalue weighted by atomic mass is 9.78. The van der Waals surface area contributed by atoms with Gasteiger partial charge in [0.15, 0.2) is 0 Å². The maximum Gasteiger partial charge on any atom is 0.274 e. The summed E-state index contributed by atoms with van der Waals surface area (Å²) < 4.78 is 5.28. The minimum Gasteiger partial charge on any atom is -0.384 e. The molecule has 1 aliphatic rings. The van der Waals surface area contributed by atoms with E-state index in [1.165, 1.54) is 6.07 Å². The van der Waals surface area contributed by atoms with Crippen LogP contribution in [0, 0.1) is 15.5 Å². The summed E-state index contributed by atoms with van der Waals surface area (Å²) in [5.41, 5.74) is 0.0336. The average Bonchev–Trinajstić information content (AvgIpc) is 2.55. The molecule has 1 heterocycles. The maximum absolute atomic E-state index is 12.9. The number of hydrogen-bond donors (Lipinski definition) is 1. The minimum absolute atomic E-state index is 0. The molecule has 0 aromatic heterocycles. The number of hydrogen-bond acceptors (Lipinski definition) is 5. The van der Waals surface area contributed by atoms with Gasteiger partial charge in [0.1, 0.15) is 0 Å². The summed E-state index contributed by atoms with van der Waals surface area (Å²) in [5, 5.41) is 14.4. The van der Waals surface area contributed by atoms with Crippen molar-refractivity contribution in [2.45, 2.75) is 19.4 Å². The van der Waals surface area contributed by atoms with E-state index in [0.717, 1.165) is 13.1 Å². The molecule has 24 heavy (non-hydrogen) atoms. The van der Waals surface area contributed by atoms with Crippen LogP contribution in [0.1, 0.15) is 18.4 Å². The predicted octanol–water partition coefficient (Wildman–Crippen LogP) is 1.99. The molecule has 2 rings (SSSR count). The largest absolute Gasteiger partial charge is 0.384 e. The Morgan fingerprint density at radius 1 is 1.38 bits per heavy atom. The van der Waals surface area contributed by atoms with Crippen LogP contribution in [0.25, 0.3) is 0 Å². The maximum atomic E-state index is 12.9. The Hall–Kier alpha value is -1.70. The Kier molecular flexibility index (Phi) is 7.59. The molecule has 0 saturated carbocycles. The molecular formula is C16H24ClN3O4. The van der Waals surface area contributed by atoms with E-state index in [4.69, 9.17) is 4.74 Å². The van der Waals surface area contributed by atoms with E-state index < -0.39 is 10.3 Å². The number of halogens is 1. The lowest BCUT2D eigenvalue weighted by Crippen LogP contribution is -2.50. The lowest BCUT2D eigenvalue weighted by molar-refractivity contribution is -0.385. The number of amides is 1. The van der Waals surface area contributed by atoms with Crippen LogP contribution in [0.5, 0.6) is 0 Å². The first kappa shape index (κ1) is 20.3. The zero-order chi connectivity index (χ0) is 16.9. The second kappa shape index (κ2) is 8.96. The Bertz CT molecular complexity index is 571. The zero-order valence-electron chi connectivity index (χ0n) is 14.0. The summed E-state index contributed by atoms with van der Waals surface area (Å²) in [6, 6.07) is 6.52. The summed E-state index contributed by atoms with van der Waals surface area (Å²) in [4.78, 5) is 25.2. The highest BCUT2D eigenvalue weighted by molar-refractivity contribution is 5.85. The van der Waals surface area contributed by atoms with Crippen molar-refractivity contribution in [1.29, 1.82) is 0 Å². The Morgan fingerprint density at radius 3 is 2.58 bits per heavy atom. The summed E-state index contributed by atoms with van der Waals surface area (Å²) >= 11 is 0. The molecule has 1 saturated heterocycles. The molecule has 1 aliphatic heterocycles. The standard InChI is InChI=1S/C16H23N3O4.ClH/c1-18(11-13-5-3-4-6-14(13)19(21)22)15(20)16(12-23-2)7-9-17-10-8-16;/h3-6,17H,7-12H2,1-2H3;1H. The van der Waals surface area contributed by atoms with Gasteiger partial charge in [-0.2, -0.15) is 0 Å². The van der Waals surface area contributed by atoms with Crippen LogP contribution in [0.15, 0.2) is 24.3 Å².